The van der Waals surface area contributed by atoms with Crippen LogP contribution >= 0.6 is 0 Å². The molecule has 0 fully saturated rings. The van der Waals surface area contributed by atoms with Gasteiger partial charge in [0.25, 0.3) is 0 Å². The number of nitrogens with zero attached hydrogens (tertiary/aromatic N) is 1. The van der Waals surface area contributed by atoms with Crippen molar-refractivity contribution in [1.82, 2.24) is 0 Å². The topological polar surface area (TPSA) is 38.7 Å². The molecule has 0 atom stereocenters. The molecule has 0 aromatic heterocycles. The smallest absolute Gasteiger partial charge is 0.434 e. The molecule has 1 aromatic rings. The van der Waals surface area contributed by atoms with Crippen LogP contribution in [0.5, 0.6) is 0 Å². The van der Waals surface area contributed by atoms with Crippen molar-refractivity contribution < 1.29 is 9.53 Å². The highest BCUT2D eigenvalue weighted by atomic mass is 16.6. The maximum atomic E-state index is 11.2. The summed E-state index contributed by atoms with van der Waals surface area (Å²) in [6, 6.07) is 9.42. The molecule has 0 heterocycles. The van der Waals surface area contributed by atoms with Crippen LogP contribution in [0.1, 0.15) is 26.3 Å². The lowest BCUT2D eigenvalue weighted by Crippen LogP contribution is -2.21. The van der Waals surface area contributed by atoms with Gasteiger partial charge in [0.05, 0.1) is 0 Å². The molecule has 0 spiro atoms. The van der Waals surface area contributed by atoms with Gasteiger partial charge in [-0.3, -0.25) is 0 Å². The van der Waals surface area contributed by atoms with Crippen LogP contribution in [0.2, 0.25) is 0 Å². The van der Waals surface area contributed by atoms with Crippen LogP contribution in [0.15, 0.2) is 35.3 Å². The SMILES string of the molecule is CC(C)(C)OC(=O)/N=C\c1ccccc1. The van der Waals surface area contributed by atoms with E-state index in [0.717, 1.165) is 5.56 Å². The van der Waals surface area contributed by atoms with Crippen LogP contribution in [0.3, 0.4) is 0 Å². The van der Waals surface area contributed by atoms with Crippen molar-refractivity contribution in [2.24, 2.45) is 4.99 Å². The van der Waals surface area contributed by atoms with E-state index in [1.54, 1.807) is 0 Å². The van der Waals surface area contributed by atoms with Crippen molar-refractivity contribution in [3.63, 3.8) is 0 Å². The van der Waals surface area contributed by atoms with Gasteiger partial charge in [-0.05, 0) is 26.3 Å². The molecule has 0 N–H and O–H groups in total. The summed E-state index contributed by atoms with van der Waals surface area (Å²) in [5.74, 6) is 0. The quantitative estimate of drug-likeness (QED) is 0.661. The fourth-order valence-electron chi connectivity index (χ4n) is 0.955. The van der Waals surface area contributed by atoms with Gasteiger partial charge in [-0.1, -0.05) is 30.3 Å². The van der Waals surface area contributed by atoms with Crippen LogP contribution < -0.4 is 0 Å². The Morgan fingerprint density at radius 3 is 2.40 bits per heavy atom. The minimum absolute atomic E-state index is 0.495. The molecule has 0 unspecified atom stereocenters. The van der Waals surface area contributed by atoms with Gasteiger partial charge >= 0.3 is 6.09 Å². The van der Waals surface area contributed by atoms with Gasteiger partial charge in [0.2, 0.25) is 0 Å². The monoisotopic (exact) mass is 205 g/mol. The van der Waals surface area contributed by atoms with Gasteiger partial charge in [0.1, 0.15) is 5.60 Å². The molecule has 0 aliphatic rings. The van der Waals surface area contributed by atoms with Crippen LogP contribution in [-0.4, -0.2) is 17.9 Å². The Kier molecular flexibility index (Phi) is 3.61. The summed E-state index contributed by atoms with van der Waals surface area (Å²) < 4.78 is 5.02. The van der Waals surface area contributed by atoms with Gasteiger partial charge in [-0.15, -0.1) is 0 Å². The first-order valence-corrected chi connectivity index (χ1v) is 4.79. The second-order valence-electron chi connectivity index (χ2n) is 4.15. The molecular formula is C12H15NO2. The van der Waals surface area contributed by atoms with E-state index < -0.39 is 11.7 Å². The highest BCUT2D eigenvalue weighted by Gasteiger charge is 2.14. The molecule has 3 nitrogen and oxygen atoms in total. The van der Waals surface area contributed by atoms with Gasteiger partial charge < -0.3 is 4.74 Å². The van der Waals surface area contributed by atoms with E-state index in [2.05, 4.69) is 4.99 Å². The lowest BCUT2D eigenvalue weighted by atomic mass is 10.2. The highest BCUT2D eigenvalue weighted by molar-refractivity contribution is 5.88. The van der Waals surface area contributed by atoms with Crippen molar-refractivity contribution >= 4 is 12.3 Å². The zero-order valence-electron chi connectivity index (χ0n) is 9.23. The Morgan fingerprint density at radius 2 is 1.87 bits per heavy atom. The molecular weight excluding hydrogens is 190 g/mol. The number of hydrogen-bond donors (Lipinski definition) is 0. The number of aliphatic imine (C=N–C) groups is 1. The van der Waals surface area contributed by atoms with Crippen LogP contribution in [0.4, 0.5) is 4.79 Å². The maximum absolute atomic E-state index is 11.2. The van der Waals surface area contributed by atoms with E-state index >= 15 is 0 Å². The van der Waals surface area contributed by atoms with E-state index in [-0.39, 0.29) is 0 Å². The third kappa shape index (κ3) is 4.96. The number of amides is 1. The van der Waals surface area contributed by atoms with E-state index in [1.165, 1.54) is 6.21 Å². The molecule has 15 heavy (non-hydrogen) atoms. The molecule has 1 rings (SSSR count). The number of rotatable bonds is 1. The molecule has 0 radical (unpaired) electrons. The average molecular weight is 205 g/mol. The average Bonchev–Trinajstić information content (AvgIpc) is 2.14. The first kappa shape index (κ1) is 11.4. The number of hydrogen-bond acceptors (Lipinski definition) is 2. The van der Waals surface area contributed by atoms with Crippen LogP contribution in [0, 0.1) is 0 Å². The van der Waals surface area contributed by atoms with Crippen molar-refractivity contribution in [3.8, 4) is 0 Å². The van der Waals surface area contributed by atoms with E-state index in [4.69, 9.17) is 4.74 Å². The molecule has 0 saturated carbocycles. The van der Waals surface area contributed by atoms with Crippen molar-refractivity contribution in [1.29, 1.82) is 0 Å². The summed E-state index contributed by atoms with van der Waals surface area (Å²) >= 11 is 0. The Balaban J connectivity index is 2.56. The predicted molar refractivity (Wildman–Crippen MR) is 60.3 cm³/mol. The van der Waals surface area contributed by atoms with E-state index in [9.17, 15) is 4.79 Å². The fraction of sp³-hybridized carbons (Fsp3) is 0.333. The third-order valence-electron chi connectivity index (χ3n) is 1.51. The summed E-state index contributed by atoms with van der Waals surface area (Å²) in [5, 5.41) is 0. The molecule has 0 aliphatic carbocycles. The first-order chi connectivity index (χ1) is 6.97. The molecule has 3 heteroatoms. The zero-order valence-corrected chi connectivity index (χ0v) is 9.23. The summed E-state index contributed by atoms with van der Waals surface area (Å²) in [5.41, 5.74) is 0.383. The summed E-state index contributed by atoms with van der Waals surface area (Å²) in [6.07, 6.45) is 0.931. The zero-order chi connectivity index (χ0) is 11.3. The maximum Gasteiger partial charge on any atom is 0.434 e. The summed E-state index contributed by atoms with van der Waals surface area (Å²) in [4.78, 5) is 14.9. The Labute approximate surface area is 89.8 Å². The fourth-order valence-corrected chi connectivity index (χ4v) is 0.955. The van der Waals surface area contributed by atoms with E-state index in [1.807, 2.05) is 51.1 Å². The molecule has 1 aromatic carbocycles. The number of ether oxygens (including phenoxy) is 1. The predicted octanol–water partition coefficient (Wildman–Crippen LogP) is 3.04. The summed E-state index contributed by atoms with van der Waals surface area (Å²) in [7, 11) is 0. The molecule has 0 aliphatic heterocycles. The molecule has 0 bridgehead atoms. The molecule has 80 valence electrons. The van der Waals surface area contributed by atoms with Gasteiger partial charge in [-0.2, -0.15) is 4.99 Å². The Bertz CT molecular complexity index is 350. The van der Waals surface area contributed by atoms with Gasteiger partial charge in [-0.25, -0.2) is 4.79 Å². The van der Waals surface area contributed by atoms with Gasteiger partial charge in [0, 0.05) is 6.21 Å². The Hall–Kier alpha value is -1.64. The number of carbonyl (C=O) groups is 1. The Morgan fingerprint density at radius 1 is 1.27 bits per heavy atom. The second kappa shape index (κ2) is 4.73. The van der Waals surface area contributed by atoms with Crippen LogP contribution in [0.25, 0.3) is 0 Å². The normalized spacial score (nSPS) is 11.7. The third-order valence-corrected chi connectivity index (χ3v) is 1.51. The lowest BCUT2D eigenvalue weighted by Gasteiger charge is -2.16. The van der Waals surface area contributed by atoms with Crippen molar-refractivity contribution in [3.05, 3.63) is 35.9 Å². The standard InChI is InChI=1S/C12H15NO2/c1-12(2,3)15-11(14)13-9-10-7-5-4-6-8-10/h4-9H,1-3H3/b13-9-. The van der Waals surface area contributed by atoms with Gasteiger partial charge in [0.15, 0.2) is 0 Å². The van der Waals surface area contributed by atoms with Crippen LogP contribution in [-0.2, 0) is 4.74 Å². The minimum atomic E-state index is -0.564. The molecule has 1 amide bonds. The van der Waals surface area contributed by atoms with Crippen molar-refractivity contribution in [2.45, 2.75) is 26.4 Å². The van der Waals surface area contributed by atoms with Crippen molar-refractivity contribution in [2.75, 3.05) is 0 Å². The molecule has 0 saturated heterocycles. The number of carbonyl (C=O) groups excluding carboxylic acids is 1. The highest BCUT2D eigenvalue weighted by Crippen LogP contribution is 2.07. The largest absolute Gasteiger partial charge is 0.442 e. The first-order valence-electron chi connectivity index (χ1n) is 4.79. The summed E-state index contributed by atoms with van der Waals surface area (Å²) in [6.45, 7) is 5.43. The lowest BCUT2D eigenvalue weighted by molar-refractivity contribution is 0.0605. The minimum Gasteiger partial charge on any atom is -0.442 e. The van der Waals surface area contributed by atoms with E-state index in [0.29, 0.717) is 0 Å². The number of benzene rings is 1. The second-order valence-corrected chi connectivity index (χ2v) is 4.15.